The summed E-state index contributed by atoms with van der Waals surface area (Å²) >= 11 is 0. The molecule has 0 saturated heterocycles. The molecule has 0 aromatic heterocycles. The van der Waals surface area contributed by atoms with Gasteiger partial charge in [-0.2, -0.15) is 0 Å². The molecule has 0 N–H and O–H groups in total. The van der Waals surface area contributed by atoms with Crippen LogP contribution in [0, 0.1) is 40.9 Å². The molecule has 0 bridgehead atoms. The Morgan fingerprint density at radius 3 is 2.03 bits per heavy atom. The average molecular weight is 503 g/mol. The first kappa shape index (κ1) is 33.8. The van der Waals surface area contributed by atoms with E-state index in [0.29, 0.717) is 5.41 Å². The Morgan fingerprint density at radius 2 is 1.36 bits per heavy atom. The fraction of sp³-hybridized carbons (Fsp3) is 0.944. The van der Waals surface area contributed by atoms with Crippen LogP contribution in [-0.4, -0.2) is 0 Å². The van der Waals surface area contributed by atoms with Crippen molar-refractivity contribution < 1.29 is 0 Å². The first-order valence-corrected chi connectivity index (χ1v) is 16.9. The molecule has 0 heterocycles. The summed E-state index contributed by atoms with van der Waals surface area (Å²) in [4.78, 5) is 0. The summed E-state index contributed by atoms with van der Waals surface area (Å²) < 4.78 is 0. The smallest absolute Gasteiger partial charge is 0.0331 e. The molecule has 0 heteroatoms. The highest BCUT2D eigenvalue weighted by Crippen LogP contribution is 2.49. The molecule has 0 radical (unpaired) electrons. The molecule has 1 aliphatic carbocycles. The van der Waals surface area contributed by atoms with Gasteiger partial charge in [0, 0.05) is 0 Å². The van der Waals surface area contributed by atoms with Crippen molar-refractivity contribution in [2.45, 2.75) is 177 Å². The SMILES string of the molecule is CCCCCCC(C)C(CC)CCC1CC1C(C)CCC=CCCCCCCCCC(C)(C)C(C)C. The number of allylic oxidation sites excluding steroid dienone is 2. The molecular weight excluding hydrogens is 432 g/mol. The van der Waals surface area contributed by atoms with E-state index in [1.165, 1.54) is 122 Å². The van der Waals surface area contributed by atoms with Gasteiger partial charge in [-0.15, -0.1) is 0 Å². The summed E-state index contributed by atoms with van der Waals surface area (Å²) in [6.45, 7) is 19.4. The van der Waals surface area contributed by atoms with Crippen LogP contribution in [0.3, 0.4) is 0 Å². The molecule has 1 fully saturated rings. The van der Waals surface area contributed by atoms with E-state index in [4.69, 9.17) is 0 Å². The standard InChI is InChI=1S/C36H70/c1-9-11-12-21-24-31(5)33(10-2)26-27-34-29-35(34)32(6)25-22-19-17-15-13-14-16-18-20-23-28-36(7,8)30(3)4/h17,19,30-35H,9-16,18,20-29H2,1-8H3. The molecule has 0 amide bonds. The Balaban J connectivity index is 2.01. The largest absolute Gasteiger partial charge is 0.0885 e. The molecule has 1 aliphatic rings. The Kier molecular flexibility index (Phi) is 18.5. The quantitative estimate of drug-likeness (QED) is 0.0909. The van der Waals surface area contributed by atoms with Gasteiger partial charge in [0.1, 0.15) is 0 Å². The Hall–Kier alpha value is -0.260. The zero-order valence-electron chi connectivity index (χ0n) is 26.6. The van der Waals surface area contributed by atoms with Gasteiger partial charge in [0.25, 0.3) is 0 Å². The maximum absolute atomic E-state index is 2.54. The van der Waals surface area contributed by atoms with Gasteiger partial charge in [-0.3, -0.25) is 0 Å². The molecule has 5 unspecified atom stereocenters. The van der Waals surface area contributed by atoms with Gasteiger partial charge >= 0.3 is 0 Å². The van der Waals surface area contributed by atoms with Crippen LogP contribution in [0.4, 0.5) is 0 Å². The molecule has 214 valence electrons. The highest BCUT2D eigenvalue weighted by atomic mass is 14.4. The van der Waals surface area contributed by atoms with E-state index in [-0.39, 0.29) is 0 Å². The van der Waals surface area contributed by atoms with Crippen molar-refractivity contribution in [3.8, 4) is 0 Å². The first-order valence-electron chi connectivity index (χ1n) is 16.9. The Bertz CT molecular complexity index is 526. The monoisotopic (exact) mass is 503 g/mol. The lowest BCUT2D eigenvalue weighted by atomic mass is 9.77. The number of hydrogen-bond donors (Lipinski definition) is 0. The third-order valence-corrected chi connectivity index (χ3v) is 10.4. The van der Waals surface area contributed by atoms with E-state index in [2.05, 4.69) is 67.5 Å². The maximum atomic E-state index is 2.54. The van der Waals surface area contributed by atoms with Crippen molar-refractivity contribution in [2.75, 3.05) is 0 Å². The molecular formula is C36H70. The summed E-state index contributed by atoms with van der Waals surface area (Å²) in [6.07, 6.45) is 32.0. The fourth-order valence-electron chi connectivity index (χ4n) is 6.40. The first-order chi connectivity index (χ1) is 17.2. The zero-order valence-corrected chi connectivity index (χ0v) is 26.6. The van der Waals surface area contributed by atoms with Gasteiger partial charge in [0.15, 0.2) is 0 Å². The number of hydrogen-bond acceptors (Lipinski definition) is 0. The molecule has 1 saturated carbocycles. The lowest BCUT2D eigenvalue weighted by Gasteiger charge is -2.29. The van der Waals surface area contributed by atoms with E-state index in [1.54, 1.807) is 0 Å². The molecule has 0 aromatic carbocycles. The summed E-state index contributed by atoms with van der Waals surface area (Å²) in [5, 5.41) is 0. The predicted octanol–water partition coefficient (Wildman–Crippen LogP) is 12.8. The zero-order chi connectivity index (χ0) is 26.8. The molecule has 0 nitrogen and oxygen atoms in total. The Labute approximate surface area is 230 Å². The lowest BCUT2D eigenvalue weighted by molar-refractivity contribution is 0.221. The Morgan fingerprint density at radius 1 is 0.722 bits per heavy atom. The number of unbranched alkanes of at least 4 members (excludes halogenated alkanes) is 9. The summed E-state index contributed by atoms with van der Waals surface area (Å²) in [5.41, 5.74) is 0.521. The van der Waals surface area contributed by atoms with E-state index >= 15 is 0 Å². The second-order valence-corrected chi connectivity index (χ2v) is 14.1. The molecule has 0 spiro atoms. The minimum atomic E-state index is 0.521. The van der Waals surface area contributed by atoms with Crippen LogP contribution < -0.4 is 0 Å². The van der Waals surface area contributed by atoms with Gasteiger partial charge in [-0.05, 0) is 92.3 Å². The van der Waals surface area contributed by atoms with Crippen LogP contribution >= 0.6 is 0 Å². The maximum Gasteiger partial charge on any atom is -0.0331 e. The van der Waals surface area contributed by atoms with Crippen molar-refractivity contribution in [1.82, 2.24) is 0 Å². The third-order valence-electron chi connectivity index (χ3n) is 10.4. The van der Waals surface area contributed by atoms with E-state index in [1.807, 2.05) is 0 Å². The highest BCUT2D eigenvalue weighted by Gasteiger charge is 2.40. The molecule has 0 aromatic rings. The normalized spacial score (nSPS) is 20.8. The van der Waals surface area contributed by atoms with Crippen LogP contribution in [0.15, 0.2) is 12.2 Å². The van der Waals surface area contributed by atoms with E-state index in [9.17, 15) is 0 Å². The van der Waals surface area contributed by atoms with Crippen LogP contribution in [0.5, 0.6) is 0 Å². The fourth-order valence-corrected chi connectivity index (χ4v) is 6.40. The van der Waals surface area contributed by atoms with Crippen LogP contribution in [0.2, 0.25) is 0 Å². The summed E-state index contributed by atoms with van der Waals surface area (Å²) in [7, 11) is 0. The topological polar surface area (TPSA) is 0 Å². The van der Waals surface area contributed by atoms with Gasteiger partial charge in [0.2, 0.25) is 0 Å². The molecule has 1 rings (SSSR count). The second kappa shape index (κ2) is 19.8. The predicted molar refractivity (Wildman–Crippen MR) is 166 cm³/mol. The molecule has 5 atom stereocenters. The summed E-state index contributed by atoms with van der Waals surface area (Å²) in [6, 6.07) is 0. The van der Waals surface area contributed by atoms with Gasteiger partial charge in [-0.1, -0.05) is 138 Å². The molecule has 36 heavy (non-hydrogen) atoms. The lowest BCUT2D eigenvalue weighted by Crippen LogP contribution is -2.18. The second-order valence-electron chi connectivity index (χ2n) is 14.1. The van der Waals surface area contributed by atoms with Gasteiger partial charge < -0.3 is 0 Å². The van der Waals surface area contributed by atoms with Crippen LogP contribution in [0.25, 0.3) is 0 Å². The summed E-state index contributed by atoms with van der Waals surface area (Å²) in [5.74, 6) is 5.75. The third kappa shape index (κ3) is 15.2. The minimum Gasteiger partial charge on any atom is -0.0885 e. The average Bonchev–Trinajstić information content (AvgIpc) is 3.62. The van der Waals surface area contributed by atoms with Crippen molar-refractivity contribution in [3.63, 3.8) is 0 Å². The van der Waals surface area contributed by atoms with Crippen LogP contribution in [-0.2, 0) is 0 Å². The number of rotatable bonds is 24. The van der Waals surface area contributed by atoms with Crippen molar-refractivity contribution in [2.24, 2.45) is 40.9 Å². The van der Waals surface area contributed by atoms with Crippen molar-refractivity contribution in [3.05, 3.63) is 12.2 Å². The highest BCUT2D eigenvalue weighted by molar-refractivity contribution is 4.91. The minimum absolute atomic E-state index is 0.521. The van der Waals surface area contributed by atoms with Crippen LogP contribution in [0.1, 0.15) is 177 Å². The van der Waals surface area contributed by atoms with E-state index < -0.39 is 0 Å². The van der Waals surface area contributed by atoms with E-state index in [0.717, 1.165) is 35.5 Å². The van der Waals surface area contributed by atoms with Gasteiger partial charge in [-0.25, -0.2) is 0 Å². The van der Waals surface area contributed by atoms with Crippen molar-refractivity contribution in [1.29, 1.82) is 0 Å². The molecule has 0 aliphatic heterocycles. The van der Waals surface area contributed by atoms with Gasteiger partial charge in [0.05, 0.1) is 0 Å². The van der Waals surface area contributed by atoms with Crippen molar-refractivity contribution >= 4 is 0 Å².